The highest BCUT2D eigenvalue weighted by atomic mass is 19.1. The molecule has 0 spiro atoms. The van der Waals surface area contributed by atoms with Gasteiger partial charge in [-0.25, -0.2) is 18.2 Å². The van der Waals surface area contributed by atoms with Crippen molar-refractivity contribution in [1.29, 1.82) is 0 Å². The summed E-state index contributed by atoms with van der Waals surface area (Å²) in [6.07, 6.45) is 0.853. The van der Waals surface area contributed by atoms with Crippen LogP contribution in [0.5, 0.6) is 11.6 Å². The average Bonchev–Trinajstić information content (AvgIpc) is 2.36. The molecule has 1 N–H and O–H groups in total. The highest BCUT2D eigenvalue weighted by molar-refractivity contribution is 5.33. The number of benzene rings is 1. The summed E-state index contributed by atoms with van der Waals surface area (Å²) in [7, 11) is 0. The van der Waals surface area contributed by atoms with Gasteiger partial charge in [0.1, 0.15) is 11.6 Å². The Kier molecular flexibility index (Phi) is 3.47. The van der Waals surface area contributed by atoms with Gasteiger partial charge in [-0.3, -0.25) is 0 Å². The van der Waals surface area contributed by atoms with Crippen LogP contribution in [-0.2, 0) is 6.61 Å². The summed E-state index contributed by atoms with van der Waals surface area (Å²) in [5.74, 6) is -2.69. The van der Waals surface area contributed by atoms with E-state index >= 15 is 0 Å². The van der Waals surface area contributed by atoms with Crippen molar-refractivity contribution in [2.24, 2.45) is 0 Å². The van der Waals surface area contributed by atoms with Crippen LogP contribution in [0.3, 0.4) is 0 Å². The fourth-order valence-corrected chi connectivity index (χ4v) is 1.33. The maximum absolute atomic E-state index is 13.3. The highest BCUT2D eigenvalue weighted by Gasteiger charge is 2.11. The molecule has 0 amide bonds. The van der Waals surface area contributed by atoms with Gasteiger partial charge in [-0.15, -0.1) is 0 Å². The van der Waals surface area contributed by atoms with E-state index in [1.54, 1.807) is 0 Å². The van der Waals surface area contributed by atoms with Gasteiger partial charge in [0, 0.05) is 11.6 Å². The first-order valence-corrected chi connectivity index (χ1v) is 4.98. The summed E-state index contributed by atoms with van der Waals surface area (Å²) >= 11 is 0. The summed E-state index contributed by atoms with van der Waals surface area (Å²) in [5, 5.41) is 8.99. The lowest BCUT2D eigenvalue weighted by Crippen LogP contribution is -1.98. The van der Waals surface area contributed by atoms with Crippen molar-refractivity contribution in [3.8, 4) is 11.6 Å². The molecule has 0 aliphatic heterocycles. The topological polar surface area (TPSA) is 42.4 Å². The summed E-state index contributed by atoms with van der Waals surface area (Å²) < 4.78 is 44.1. The second-order valence-electron chi connectivity index (χ2n) is 3.45. The first-order chi connectivity index (χ1) is 8.60. The second kappa shape index (κ2) is 5.05. The van der Waals surface area contributed by atoms with E-state index in [-0.39, 0.29) is 17.2 Å². The van der Waals surface area contributed by atoms with Crippen LogP contribution >= 0.6 is 0 Å². The third-order valence-corrected chi connectivity index (χ3v) is 2.16. The molecule has 2 rings (SSSR count). The van der Waals surface area contributed by atoms with Gasteiger partial charge in [-0.2, -0.15) is 0 Å². The minimum absolute atomic E-state index is 0.0404. The van der Waals surface area contributed by atoms with E-state index in [0.29, 0.717) is 0 Å². The molecule has 1 aromatic carbocycles. The fraction of sp³-hybridized carbons (Fsp3) is 0.0833. The Bertz CT molecular complexity index is 575. The molecule has 18 heavy (non-hydrogen) atoms. The zero-order valence-electron chi connectivity index (χ0n) is 9.03. The number of ether oxygens (including phenoxy) is 1. The molecule has 0 aliphatic carbocycles. The lowest BCUT2D eigenvalue weighted by atomic mass is 10.3. The van der Waals surface area contributed by atoms with E-state index in [1.807, 2.05) is 0 Å². The minimum Gasteiger partial charge on any atom is -0.435 e. The number of rotatable bonds is 3. The lowest BCUT2D eigenvalue weighted by Gasteiger charge is -2.09. The quantitative estimate of drug-likeness (QED) is 0.917. The molecule has 0 radical (unpaired) electrons. The Balaban J connectivity index is 2.36. The van der Waals surface area contributed by atoms with Crippen molar-refractivity contribution in [3.63, 3.8) is 0 Å². The van der Waals surface area contributed by atoms with E-state index in [9.17, 15) is 13.2 Å². The molecule has 1 aromatic heterocycles. The molecule has 2 aromatic rings. The smallest absolute Gasteiger partial charge is 0.225 e. The van der Waals surface area contributed by atoms with Crippen LogP contribution in [0.4, 0.5) is 13.2 Å². The van der Waals surface area contributed by atoms with E-state index in [0.717, 1.165) is 30.5 Å². The van der Waals surface area contributed by atoms with Crippen LogP contribution in [0.25, 0.3) is 0 Å². The van der Waals surface area contributed by atoms with Crippen molar-refractivity contribution in [2.75, 3.05) is 0 Å². The van der Waals surface area contributed by atoms with Crippen LogP contribution in [0.2, 0.25) is 0 Å². The van der Waals surface area contributed by atoms with Crippen LogP contribution in [-0.4, -0.2) is 10.1 Å². The van der Waals surface area contributed by atoms with E-state index in [1.165, 1.54) is 0 Å². The predicted octanol–water partition coefficient (Wildman–Crippen LogP) is 2.78. The zero-order chi connectivity index (χ0) is 13.1. The Morgan fingerprint density at radius 1 is 1.11 bits per heavy atom. The molecular formula is C12H8F3NO2. The van der Waals surface area contributed by atoms with Crippen molar-refractivity contribution in [3.05, 3.63) is 53.5 Å². The fourth-order valence-electron chi connectivity index (χ4n) is 1.33. The molecule has 3 nitrogen and oxygen atoms in total. The van der Waals surface area contributed by atoms with Gasteiger partial charge in [0.2, 0.25) is 5.88 Å². The van der Waals surface area contributed by atoms with Gasteiger partial charge in [0.05, 0.1) is 12.8 Å². The Morgan fingerprint density at radius 3 is 2.61 bits per heavy atom. The Labute approximate surface area is 100 Å². The molecule has 0 atom stereocenters. The molecule has 0 saturated carbocycles. The lowest BCUT2D eigenvalue weighted by molar-refractivity contribution is 0.273. The van der Waals surface area contributed by atoms with Crippen molar-refractivity contribution in [1.82, 2.24) is 4.98 Å². The van der Waals surface area contributed by atoms with E-state index in [2.05, 4.69) is 4.98 Å². The number of hydrogen-bond acceptors (Lipinski definition) is 3. The van der Waals surface area contributed by atoms with E-state index in [4.69, 9.17) is 9.84 Å². The number of halogens is 3. The number of hydrogen-bond donors (Lipinski definition) is 1. The molecule has 0 saturated heterocycles. The molecule has 0 fully saturated rings. The third kappa shape index (κ3) is 2.60. The van der Waals surface area contributed by atoms with Gasteiger partial charge < -0.3 is 9.84 Å². The summed E-state index contributed by atoms with van der Waals surface area (Å²) in [6.45, 7) is -0.531. The van der Waals surface area contributed by atoms with Crippen LogP contribution in [0, 0.1) is 17.5 Å². The normalized spacial score (nSPS) is 10.4. The van der Waals surface area contributed by atoms with E-state index < -0.39 is 24.1 Å². The number of nitrogens with zero attached hydrogens (tertiary/aromatic N) is 1. The second-order valence-corrected chi connectivity index (χ2v) is 3.45. The van der Waals surface area contributed by atoms with Gasteiger partial charge in [-0.1, -0.05) is 0 Å². The summed E-state index contributed by atoms with van der Waals surface area (Å²) in [4.78, 5) is 3.57. The molecule has 0 unspecified atom stereocenters. The Hall–Kier alpha value is -2.08. The summed E-state index contributed by atoms with van der Waals surface area (Å²) in [6, 6.07) is 3.67. The van der Waals surface area contributed by atoms with Gasteiger partial charge in [0.25, 0.3) is 0 Å². The van der Waals surface area contributed by atoms with Gasteiger partial charge in [0.15, 0.2) is 11.6 Å². The third-order valence-electron chi connectivity index (χ3n) is 2.16. The first kappa shape index (κ1) is 12.4. The maximum atomic E-state index is 13.3. The van der Waals surface area contributed by atoms with Crippen LogP contribution < -0.4 is 4.74 Å². The highest BCUT2D eigenvalue weighted by Crippen LogP contribution is 2.26. The monoisotopic (exact) mass is 255 g/mol. The maximum Gasteiger partial charge on any atom is 0.225 e. The van der Waals surface area contributed by atoms with Crippen molar-refractivity contribution in [2.45, 2.75) is 6.61 Å². The molecule has 0 aliphatic rings. The standard InChI is InChI=1S/C12H8F3NO2/c13-8-1-2-10(15)11(4-8)18-12-7(6-17)3-9(14)5-16-12/h1-5,17H,6H2. The van der Waals surface area contributed by atoms with Crippen molar-refractivity contribution < 1.29 is 23.0 Å². The Morgan fingerprint density at radius 2 is 1.89 bits per heavy atom. The first-order valence-electron chi connectivity index (χ1n) is 4.98. The number of pyridine rings is 1. The van der Waals surface area contributed by atoms with Crippen LogP contribution in [0.15, 0.2) is 30.5 Å². The van der Waals surface area contributed by atoms with Gasteiger partial charge in [-0.05, 0) is 18.2 Å². The number of aliphatic hydroxyl groups is 1. The number of aliphatic hydroxyl groups excluding tert-OH is 1. The largest absolute Gasteiger partial charge is 0.435 e. The van der Waals surface area contributed by atoms with Crippen LogP contribution in [0.1, 0.15) is 5.56 Å². The molecule has 1 heterocycles. The molecule has 0 bridgehead atoms. The summed E-state index contributed by atoms with van der Waals surface area (Å²) in [5.41, 5.74) is 0.0404. The predicted molar refractivity (Wildman–Crippen MR) is 56.5 cm³/mol. The van der Waals surface area contributed by atoms with Gasteiger partial charge >= 0.3 is 0 Å². The molecule has 94 valence electrons. The number of aromatic nitrogens is 1. The van der Waals surface area contributed by atoms with Crippen molar-refractivity contribution >= 4 is 0 Å². The molecule has 6 heteroatoms. The zero-order valence-corrected chi connectivity index (χ0v) is 9.03. The minimum atomic E-state index is -0.786. The SMILES string of the molecule is OCc1cc(F)cnc1Oc1cc(F)ccc1F. The molecular weight excluding hydrogens is 247 g/mol. The average molecular weight is 255 g/mol.